The van der Waals surface area contributed by atoms with Gasteiger partial charge < -0.3 is 10.5 Å². The van der Waals surface area contributed by atoms with Gasteiger partial charge in [0.05, 0.1) is 12.3 Å². The molecule has 0 radical (unpaired) electrons. The zero-order valence-corrected chi connectivity index (χ0v) is 11.8. The fraction of sp³-hybridized carbons (Fsp3) is 0.235. The van der Waals surface area contributed by atoms with Crippen LogP contribution in [0.25, 0.3) is 0 Å². The van der Waals surface area contributed by atoms with Gasteiger partial charge in [0.15, 0.2) is 0 Å². The van der Waals surface area contributed by atoms with Crippen molar-refractivity contribution >= 4 is 11.5 Å². The molecule has 0 aromatic heterocycles. The van der Waals surface area contributed by atoms with Crippen molar-refractivity contribution in [2.75, 3.05) is 6.61 Å². The molecular weight excluding hydrogens is 248 g/mol. The molecule has 0 saturated carbocycles. The number of ether oxygens (including phenoxy) is 1. The Morgan fingerprint density at radius 3 is 2.40 bits per heavy atom. The Hall–Kier alpha value is -2.29. The predicted octanol–water partition coefficient (Wildman–Crippen LogP) is 3.90. The summed E-state index contributed by atoms with van der Waals surface area (Å²) in [6.07, 6.45) is 2.20. The smallest absolute Gasteiger partial charge is 0.131 e. The largest absolute Gasteiger partial charge is 0.494 e. The minimum atomic E-state index is 0.510. The van der Waals surface area contributed by atoms with Crippen molar-refractivity contribution in [2.24, 2.45) is 10.7 Å². The molecule has 0 heterocycles. The molecule has 0 amide bonds. The van der Waals surface area contributed by atoms with E-state index in [1.165, 1.54) is 0 Å². The molecule has 0 bridgehead atoms. The molecule has 104 valence electrons. The van der Waals surface area contributed by atoms with E-state index < -0.39 is 0 Å². The summed E-state index contributed by atoms with van der Waals surface area (Å²) in [5.41, 5.74) is 7.76. The first-order valence-electron chi connectivity index (χ1n) is 6.92. The second-order valence-corrected chi connectivity index (χ2v) is 4.56. The molecular formula is C17H20N2O. The molecule has 0 atom stereocenters. The molecule has 2 rings (SSSR count). The Morgan fingerprint density at radius 2 is 1.75 bits per heavy atom. The van der Waals surface area contributed by atoms with E-state index >= 15 is 0 Å². The summed E-state index contributed by atoms with van der Waals surface area (Å²) in [6, 6.07) is 17.4. The molecule has 0 fully saturated rings. The molecule has 3 nitrogen and oxygen atoms in total. The fourth-order valence-electron chi connectivity index (χ4n) is 1.76. The van der Waals surface area contributed by atoms with Gasteiger partial charge >= 0.3 is 0 Å². The second-order valence-electron chi connectivity index (χ2n) is 4.56. The first-order valence-corrected chi connectivity index (χ1v) is 6.92. The van der Waals surface area contributed by atoms with Crippen molar-refractivity contribution in [3.8, 4) is 5.75 Å². The van der Waals surface area contributed by atoms with E-state index in [9.17, 15) is 0 Å². The minimum Gasteiger partial charge on any atom is -0.494 e. The van der Waals surface area contributed by atoms with Crippen LogP contribution in [0.3, 0.4) is 0 Å². The zero-order valence-electron chi connectivity index (χ0n) is 11.8. The summed E-state index contributed by atoms with van der Waals surface area (Å²) < 4.78 is 5.62. The molecule has 20 heavy (non-hydrogen) atoms. The number of para-hydroxylation sites is 1. The first-order chi connectivity index (χ1) is 9.79. The monoisotopic (exact) mass is 268 g/mol. The van der Waals surface area contributed by atoms with E-state index in [-0.39, 0.29) is 0 Å². The Kier molecular flexibility index (Phi) is 5.18. The molecule has 0 aliphatic carbocycles. The van der Waals surface area contributed by atoms with Crippen molar-refractivity contribution in [1.82, 2.24) is 0 Å². The number of aliphatic imine (C=N–C) groups is 1. The van der Waals surface area contributed by atoms with E-state index in [0.29, 0.717) is 5.84 Å². The summed E-state index contributed by atoms with van der Waals surface area (Å²) in [5, 5.41) is 0. The van der Waals surface area contributed by atoms with Gasteiger partial charge in [-0.1, -0.05) is 31.5 Å². The average Bonchev–Trinajstić information content (AvgIpc) is 2.49. The van der Waals surface area contributed by atoms with Crippen molar-refractivity contribution in [2.45, 2.75) is 19.8 Å². The van der Waals surface area contributed by atoms with Gasteiger partial charge in [-0.2, -0.15) is 0 Å². The van der Waals surface area contributed by atoms with Crippen LogP contribution in [0, 0.1) is 0 Å². The van der Waals surface area contributed by atoms with Gasteiger partial charge in [0, 0.05) is 5.56 Å². The molecule has 0 saturated heterocycles. The minimum absolute atomic E-state index is 0.510. The van der Waals surface area contributed by atoms with Gasteiger partial charge in [0.1, 0.15) is 11.6 Å². The van der Waals surface area contributed by atoms with Gasteiger partial charge in [-0.05, 0) is 42.8 Å². The maximum absolute atomic E-state index is 6.01. The van der Waals surface area contributed by atoms with Crippen molar-refractivity contribution in [3.63, 3.8) is 0 Å². The molecule has 2 aromatic rings. The van der Waals surface area contributed by atoms with Gasteiger partial charge in [-0.3, -0.25) is 0 Å². The van der Waals surface area contributed by atoms with E-state index in [2.05, 4.69) is 11.9 Å². The van der Waals surface area contributed by atoms with Crippen LogP contribution in [0.15, 0.2) is 59.6 Å². The molecule has 2 N–H and O–H groups in total. The van der Waals surface area contributed by atoms with Gasteiger partial charge in [-0.15, -0.1) is 0 Å². The van der Waals surface area contributed by atoms with Crippen LogP contribution in [0.2, 0.25) is 0 Å². The highest BCUT2D eigenvalue weighted by Gasteiger charge is 2.00. The third kappa shape index (κ3) is 4.12. The standard InChI is InChI=1S/C17H20N2O/c1-2-3-13-20-16-11-9-14(10-12-16)17(18)19-15-7-5-4-6-8-15/h4-12H,2-3,13H2,1H3,(H2,18,19). The van der Waals surface area contributed by atoms with Crippen molar-refractivity contribution < 1.29 is 4.74 Å². The second kappa shape index (κ2) is 7.34. The summed E-state index contributed by atoms with van der Waals surface area (Å²) in [7, 11) is 0. The highest BCUT2D eigenvalue weighted by atomic mass is 16.5. The van der Waals surface area contributed by atoms with Crippen molar-refractivity contribution in [1.29, 1.82) is 0 Å². The lowest BCUT2D eigenvalue weighted by atomic mass is 10.2. The molecule has 0 spiro atoms. The molecule has 0 unspecified atom stereocenters. The lowest BCUT2D eigenvalue weighted by Crippen LogP contribution is -2.12. The van der Waals surface area contributed by atoms with Crippen LogP contribution in [0.4, 0.5) is 5.69 Å². The average molecular weight is 268 g/mol. The number of unbranched alkanes of at least 4 members (excludes halogenated alkanes) is 1. The Bertz CT molecular complexity index is 547. The van der Waals surface area contributed by atoms with Crippen molar-refractivity contribution in [3.05, 3.63) is 60.2 Å². The molecule has 0 aliphatic rings. The maximum atomic E-state index is 6.01. The SMILES string of the molecule is CCCCOc1ccc(C(N)=Nc2ccccc2)cc1. The topological polar surface area (TPSA) is 47.6 Å². The molecule has 2 aromatic carbocycles. The molecule has 3 heteroatoms. The van der Waals surface area contributed by atoms with Crippen LogP contribution >= 0.6 is 0 Å². The number of benzene rings is 2. The van der Waals surface area contributed by atoms with Gasteiger partial charge in [0.2, 0.25) is 0 Å². The highest BCUT2D eigenvalue weighted by Crippen LogP contribution is 2.15. The third-order valence-electron chi connectivity index (χ3n) is 2.92. The van der Waals surface area contributed by atoms with Crippen LogP contribution in [0.5, 0.6) is 5.75 Å². The number of hydrogen-bond donors (Lipinski definition) is 1. The Balaban J connectivity index is 2.04. The maximum Gasteiger partial charge on any atom is 0.131 e. The van der Waals surface area contributed by atoms with E-state index in [0.717, 1.165) is 36.4 Å². The van der Waals surface area contributed by atoms with Gasteiger partial charge in [0.25, 0.3) is 0 Å². The summed E-state index contributed by atoms with van der Waals surface area (Å²) in [5.74, 6) is 1.38. The normalized spacial score (nSPS) is 11.3. The van der Waals surface area contributed by atoms with Crippen LogP contribution < -0.4 is 10.5 Å². The zero-order chi connectivity index (χ0) is 14.2. The Morgan fingerprint density at radius 1 is 1.05 bits per heavy atom. The lowest BCUT2D eigenvalue weighted by Gasteiger charge is -2.06. The Labute approximate surface area is 120 Å². The van der Waals surface area contributed by atoms with E-state index in [4.69, 9.17) is 10.5 Å². The quantitative estimate of drug-likeness (QED) is 0.490. The first kappa shape index (κ1) is 14.1. The number of nitrogens with zero attached hydrogens (tertiary/aromatic N) is 1. The third-order valence-corrected chi connectivity index (χ3v) is 2.92. The van der Waals surface area contributed by atoms with E-state index in [1.807, 2.05) is 54.6 Å². The highest BCUT2D eigenvalue weighted by molar-refractivity contribution is 5.99. The summed E-state index contributed by atoms with van der Waals surface area (Å²) >= 11 is 0. The summed E-state index contributed by atoms with van der Waals surface area (Å²) in [6.45, 7) is 2.90. The lowest BCUT2D eigenvalue weighted by molar-refractivity contribution is 0.309. The number of amidine groups is 1. The number of hydrogen-bond acceptors (Lipinski definition) is 2. The van der Waals surface area contributed by atoms with E-state index in [1.54, 1.807) is 0 Å². The predicted molar refractivity (Wildman–Crippen MR) is 83.7 cm³/mol. The van der Waals surface area contributed by atoms with Gasteiger partial charge in [-0.25, -0.2) is 4.99 Å². The molecule has 0 aliphatic heterocycles. The van der Waals surface area contributed by atoms with Crippen LogP contribution in [-0.4, -0.2) is 12.4 Å². The summed E-state index contributed by atoms with van der Waals surface area (Å²) in [4.78, 5) is 4.39. The number of rotatable bonds is 6. The fourth-order valence-corrected chi connectivity index (χ4v) is 1.76. The van der Waals surface area contributed by atoms with Crippen LogP contribution in [-0.2, 0) is 0 Å². The van der Waals surface area contributed by atoms with Crippen LogP contribution in [0.1, 0.15) is 25.3 Å². The number of nitrogens with two attached hydrogens (primary N) is 1.